The molecule has 1 aliphatic rings. The number of nitrogens with one attached hydrogen (secondary N) is 2. The maximum absolute atomic E-state index is 5.98. The van der Waals surface area contributed by atoms with Crippen molar-refractivity contribution in [1.29, 1.82) is 0 Å². The molecule has 0 unspecified atom stereocenters. The zero-order valence-electron chi connectivity index (χ0n) is 11.0. The van der Waals surface area contributed by atoms with Crippen LogP contribution in [0.2, 0.25) is 5.28 Å². The molecule has 0 aliphatic carbocycles. The molecule has 20 heavy (non-hydrogen) atoms. The third-order valence-electron chi connectivity index (χ3n) is 3.24. The van der Waals surface area contributed by atoms with E-state index in [0.717, 1.165) is 18.7 Å². The number of rotatable bonds is 4. The molecular weight excluding hydrogens is 278 g/mol. The number of aromatic nitrogens is 5. The Morgan fingerprint density at radius 2 is 2.05 bits per heavy atom. The molecule has 1 saturated heterocycles. The van der Waals surface area contributed by atoms with E-state index in [1.54, 1.807) is 6.20 Å². The van der Waals surface area contributed by atoms with Gasteiger partial charge in [0.2, 0.25) is 17.2 Å². The van der Waals surface area contributed by atoms with E-state index in [9.17, 15) is 0 Å². The van der Waals surface area contributed by atoms with Crippen molar-refractivity contribution in [2.45, 2.75) is 25.8 Å². The first-order valence-electron chi connectivity index (χ1n) is 6.69. The van der Waals surface area contributed by atoms with E-state index >= 15 is 0 Å². The molecule has 1 fully saturated rings. The molecule has 106 valence electrons. The third kappa shape index (κ3) is 3.16. The van der Waals surface area contributed by atoms with Crippen LogP contribution in [0.1, 0.15) is 24.8 Å². The van der Waals surface area contributed by atoms with E-state index < -0.39 is 0 Å². The summed E-state index contributed by atoms with van der Waals surface area (Å²) < 4.78 is 0. The molecular formula is C12H16ClN7. The summed E-state index contributed by atoms with van der Waals surface area (Å²) >= 11 is 5.98. The Labute approximate surface area is 121 Å². The van der Waals surface area contributed by atoms with Gasteiger partial charge in [-0.25, -0.2) is 0 Å². The molecule has 0 amide bonds. The minimum absolute atomic E-state index is 0.218. The van der Waals surface area contributed by atoms with Gasteiger partial charge in [-0.1, -0.05) is 0 Å². The lowest BCUT2D eigenvalue weighted by Gasteiger charge is -2.26. The molecule has 0 radical (unpaired) electrons. The van der Waals surface area contributed by atoms with Gasteiger partial charge in [0.1, 0.15) is 0 Å². The average molecular weight is 294 g/mol. The molecule has 3 heterocycles. The number of H-pyrrole nitrogens is 1. The number of halogens is 1. The number of hydrogen-bond acceptors (Lipinski definition) is 6. The molecule has 8 heteroatoms. The fourth-order valence-corrected chi connectivity index (χ4v) is 2.37. The summed E-state index contributed by atoms with van der Waals surface area (Å²) in [7, 11) is 0. The Hall–Kier alpha value is -1.89. The maximum atomic E-state index is 5.98. The molecule has 0 bridgehead atoms. The summed E-state index contributed by atoms with van der Waals surface area (Å²) in [5.41, 5.74) is 1.03. The second-order valence-electron chi connectivity index (χ2n) is 4.74. The van der Waals surface area contributed by atoms with Crippen molar-refractivity contribution in [2.24, 2.45) is 0 Å². The van der Waals surface area contributed by atoms with E-state index in [0.29, 0.717) is 18.4 Å². The maximum Gasteiger partial charge on any atom is 0.231 e. The van der Waals surface area contributed by atoms with Gasteiger partial charge in [-0.05, 0) is 30.9 Å². The molecule has 7 nitrogen and oxygen atoms in total. The zero-order valence-corrected chi connectivity index (χ0v) is 11.8. The molecule has 2 aromatic heterocycles. The lowest BCUT2D eigenvalue weighted by molar-refractivity contribution is 0.567. The van der Waals surface area contributed by atoms with Crippen molar-refractivity contribution >= 4 is 23.5 Å². The Bertz CT molecular complexity index is 551. The zero-order chi connectivity index (χ0) is 13.8. The van der Waals surface area contributed by atoms with E-state index in [1.165, 1.54) is 19.3 Å². The first kappa shape index (κ1) is 13.1. The number of piperidine rings is 1. The predicted octanol–water partition coefficient (Wildman–Crippen LogP) is 1.85. The van der Waals surface area contributed by atoms with E-state index in [2.05, 4.69) is 35.4 Å². The van der Waals surface area contributed by atoms with Crippen LogP contribution in [0.25, 0.3) is 0 Å². The van der Waals surface area contributed by atoms with Crippen LogP contribution in [0.3, 0.4) is 0 Å². The summed E-state index contributed by atoms with van der Waals surface area (Å²) in [6.45, 7) is 2.54. The number of nitrogens with zero attached hydrogens (tertiary/aromatic N) is 5. The standard InChI is InChI=1S/C12H16ClN7/c13-10-17-11(14-6-9-7-15-16-8-9)19-12(18-10)20-4-2-1-3-5-20/h7-8H,1-6H2,(H,15,16)(H,14,17,18,19). The fourth-order valence-electron chi connectivity index (χ4n) is 2.21. The summed E-state index contributed by atoms with van der Waals surface area (Å²) in [5.74, 6) is 1.14. The highest BCUT2D eigenvalue weighted by atomic mass is 35.5. The van der Waals surface area contributed by atoms with Crippen LogP contribution >= 0.6 is 11.6 Å². The average Bonchev–Trinajstić information content (AvgIpc) is 2.99. The first-order chi connectivity index (χ1) is 9.81. The lowest BCUT2D eigenvalue weighted by Crippen LogP contribution is -2.31. The normalized spacial score (nSPS) is 15.3. The van der Waals surface area contributed by atoms with E-state index in [-0.39, 0.29) is 5.28 Å². The van der Waals surface area contributed by atoms with Crippen LogP contribution in [-0.4, -0.2) is 38.2 Å². The van der Waals surface area contributed by atoms with Gasteiger partial charge in [0.05, 0.1) is 6.20 Å². The molecule has 2 aromatic rings. The number of hydrogen-bond donors (Lipinski definition) is 2. The van der Waals surface area contributed by atoms with Crippen LogP contribution in [0.5, 0.6) is 0 Å². The van der Waals surface area contributed by atoms with Crippen molar-refractivity contribution in [2.75, 3.05) is 23.3 Å². The van der Waals surface area contributed by atoms with Gasteiger partial charge in [0.15, 0.2) is 0 Å². The van der Waals surface area contributed by atoms with Crippen molar-refractivity contribution in [3.05, 3.63) is 23.2 Å². The summed E-state index contributed by atoms with van der Waals surface area (Å²) in [5, 5.41) is 10.0. The molecule has 1 aliphatic heterocycles. The summed E-state index contributed by atoms with van der Waals surface area (Å²) in [4.78, 5) is 14.9. The topological polar surface area (TPSA) is 82.6 Å². The smallest absolute Gasteiger partial charge is 0.231 e. The molecule has 0 saturated carbocycles. The SMILES string of the molecule is Clc1nc(NCc2cn[nH]c2)nc(N2CCCCC2)n1. The van der Waals surface area contributed by atoms with Crippen molar-refractivity contribution < 1.29 is 0 Å². The second kappa shape index (κ2) is 6.04. The Morgan fingerprint density at radius 1 is 1.20 bits per heavy atom. The Balaban J connectivity index is 1.72. The van der Waals surface area contributed by atoms with Crippen molar-refractivity contribution in [3.8, 4) is 0 Å². The minimum Gasteiger partial charge on any atom is -0.350 e. The molecule has 2 N–H and O–H groups in total. The molecule has 0 aromatic carbocycles. The molecule has 3 rings (SSSR count). The van der Waals surface area contributed by atoms with Crippen LogP contribution in [0.4, 0.5) is 11.9 Å². The monoisotopic (exact) mass is 293 g/mol. The summed E-state index contributed by atoms with van der Waals surface area (Å²) in [6.07, 6.45) is 7.17. The van der Waals surface area contributed by atoms with Gasteiger partial charge in [-0.3, -0.25) is 5.10 Å². The molecule has 0 spiro atoms. The quantitative estimate of drug-likeness (QED) is 0.895. The van der Waals surface area contributed by atoms with Gasteiger partial charge in [-0.15, -0.1) is 0 Å². The Kier molecular flexibility index (Phi) is 3.96. The summed E-state index contributed by atoms with van der Waals surface area (Å²) in [6, 6.07) is 0. The lowest BCUT2D eigenvalue weighted by atomic mass is 10.1. The first-order valence-corrected chi connectivity index (χ1v) is 7.07. The number of aromatic amines is 1. The van der Waals surface area contributed by atoms with Crippen LogP contribution in [-0.2, 0) is 6.54 Å². The van der Waals surface area contributed by atoms with E-state index in [1.807, 2.05) is 6.20 Å². The van der Waals surface area contributed by atoms with E-state index in [4.69, 9.17) is 11.6 Å². The number of anilines is 2. The highest BCUT2D eigenvalue weighted by Crippen LogP contribution is 2.18. The van der Waals surface area contributed by atoms with Gasteiger partial charge in [0.25, 0.3) is 0 Å². The Morgan fingerprint density at radius 3 is 2.80 bits per heavy atom. The van der Waals surface area contributed by atoms with Crippen molar-refractivity contribution in [3.63, 3.8) is 0 Å². The largest absolute Gasteiger partial charge is 0.350 e. The van der Waals surface area contributed by atoms with Gasteiger partial charge < -0.3 is 10.2 Å². The highest BCUT2D eigenvalue weighted by Gasteiger charge is 2.15. The minimum atomic E-state index is 0.218. The highest BCUT2D eigenvalue weighted by molar-refractivity contribution is 6.28. The predicted molar refractivity (Wildman–Crippen MR) is 76.8 cm³/mol. The molecule has 0 atom stereocenters. The second-order valence-corrected chi connectivity index (χ2v) is 5.07. The van der Waals surface area contributed by atoms with Crippen LogP contribution < -0.4 is 10.2 Å². The van der Waals surface area contributed by atoms with Crippen LogP contribution in [0, 0.1) is 0 Å². The fraction of sp³-hybridized carbons (Fsp3) is 0.500. The van der Waals surface area contributed by atoms with Gasteiger partial charge >= 0.3 is 0 Å². The third-order valence-corrected chi connectivity index (χ3v) is 3.41. The van der Waals surface area contributed by atoms with Crippen molar-refractivity contribution in [1.82, 2.24) is 25.1 Å². The van der Waals surface area contributed by atoms with Gasteiger partial charge in [-0.2, -0.15) is 20.1 Å². The van der Waals surface area contributed by atoms with Gasteiger partial charge in [0, 0.05) is 31.4 Å². The van der Waals surface area contributed by atoms with Crippen LogP contribution in [0.15, 0.2) is 12.4 Å².